The summed E-state index contributed by atoms with van der Waals surface area (Å²) in [4.78, 5) is 13.3. The Morgan fingerprint density at radius 2 is 1.96 bits per heavy atom. The number of rotatable bonds is 13. The van der Waals surface area contributed by atoms with E-state index >= 15 is 0 Å². The van der Waals surface area contributed by atoms with Crippen LogP contribution in [-0.2, 0) is 37.2 Å². The van der Waals surface area contributed by atoms with Crippen molar-refractivity contribution in [3.8, 4) is 0 Å². The highest BCUT2D eigenvalue weighted by Gasteiger charge is 2.34. The van der Waals surface area contributed by atoms with Crippen molar-refractivity contribution in [3.05, 3.63) is 24.0 Å². The highest BCUT2D eigenvalue weighted by atomic mass is 32.2. The lowest BCUT2D eigenvalue weighted by Gasteiger charge is -2.37. The lowest BCUT2D eigenvalue weighted by Crippen LogP contribution is -2.53. The summed E-state index contributed by atoms with van der Waals surface area (Å²) in [6.45, 7) is 9.73. The van der Waals surface area contributed by atoms with Crippen molar-refractivity contribution in [2.24, 2.45) is 0 Å². The van der Waals surface area contributed by atoms with Crippen LogP contribution in [0.1, 0.15) is 12.6 Å². The molecule has 1 aliphatic rings. The smallest absolute Gasteiger partial charge is 0.246 e. The number of ether oxygens (including phenoxy) is 2. The fourth-order valence-electron chi connectivity index (χ4n) is 2.54. The van der Waals surface area contributed by atoms with Gasteiger partial charge in [-0.2, -0.15) is 0 Å². The van der Waals surface area contributed by atoms with Crippen molar-refractivity contribution >= 4 is 15.7 Å². The molecule has 0 unspecified atom stereocenters. The van der Waals surface area contributed by atoms with Gasteiger partial charge in [0, 0.05) is 44.2 Å². The second kappa shape index (κ2) is 10.6. The third-order valence-electron chi connectivity index (χ3n) is 4.26. The largest absolute Gasteiger partial charge is 0.377 e. The van der Waals surface area contributed by atoms with Gasteiger partial charge in [0.15, 0.2) is 9.84 Å². The maximum absolute atomic E-state index is 11.4. The molecule has 2 heterocycles. The number of sulfone groups is 1. The van der Waals surface area contributed by atoms with E-state index in [0.717, 1.165) is 5.69 Å². The number of nitrogens with zero attached hydrogens (tertiary/aromatic N) is 4. The molecule has 0 radical (unpaired) electrons. The lowest BCUT2D eigenvalue weighted by atomic mass is 10.2. The summed E-state index contributed by atoms with van der Waals surface area (Å²) in [6, 6.07) is 0. The minimum absolute atomic E-state index is 0.170. The number of amides is 1. The molecule has 2 rings (SSSR count). The zero-order valence-electron chi connectivity index (χ0n) is 16.5. The van der Waals surface area contributed by atoms with Crippen LogP contribution in [0.3, 0.4) is 0 Å². The molecular weight excluding hydrogens is 386 g/mol. The minimum Gasteiger partial charge on any atom is -0.377 e. The van der Waals surface area contributed by atoms with Crippen molar-refractivity contribution in [1.29, 1.82) is 0 Å². The van der Waals surface area contributed by atoms with Gasteiger partial charge in [0.1, 0.15) is 0 Å². The normalized spacial score (nSPS) is 15.4. The zero-order valence-corrected chi connectivity index (χ0v) is 17.3. The molecule has 1 aromatic heterocycles. The molecule has 0 aliphatic carbocycles. The second-order valence-electron chi connectivity index (χ2n) is 6.88. The standard InChI is InChI=1S/C17H29N5O5S/c1-14(2)17(23)18-4-6-26-8-9-27-7-5-22-11-15(19-20-22)10-21-12-16(13-21)28(3,24)25/h11,16H,1,4-10,12-13H2,2-3H3,(H,18,23). The number of carbonyl (C=O) groups is 1. The SMILES string of the molecule is C=C(C)C(=O)NCCOCCOCCn1cc(CN2CC(S(C)(=O)=O)C2)nn1. The summed E-state index contributed by atoms with van der Waals surface area (Å²) in [5.74, 6) is -0.170. The van der Waals surface area contributed by atoms with Gasteiger partial charge in [0.25, 0.3) is 0 Å². The summed E-state index contributed by atoms with van der Waals surface area (Å²) in [7, 11) is -2.95. The number of hydrogen-bond acceptors (Lipinski definition) is 8. The first-order valence-corrected chi connectivity index (χ1v) is 11.1. The monoisotopic (exact) mass is 415 g/mol. The summed E-state index contributed by atoms with van der Waals surface area (Å²) in [5, 5.41) is 10.6. The van der Waals surface area contributed by atoms with Gasteiger partial charge in [-0.15, -0.1) is 5.10 Å². The summed E-state index contributed by atoms with van der Waals surface area (Å²) >= 11 is 0. The van der Waals surface area contributed by atoms with E-state index < -0.39 is 9.84 Å². The lowest BCUT2D eigenvalue weighted by molar-refractivity contribution is -0.117. The fourth-order valence-corrected chi connectivity index (χ4v) is 3.50. The van der Waals surface area contributed by atoms with Crippen LogP contribution in [0, 0.1) is 0 Å². The van der Waals surface area contributed by atoms with Crippen molar-refractivity contribution in [2.75, 3.05) is 52.3 Å². The molecule has 0 atom stereocenters. The summed E-state index contributed by atoms with van der Waals surface area (Å²) < 4.78 is 35.4. The number of carbonyl (C=O) groups excluding carboxylic acids is 1. The molecule has 0 aromatic carbocycles. The van der Waals surface area contributed by atoms with E-state index in [4.69, 9.17) is 9.47 Å². The molecule has 1 aliphatic heterocycles. The molecular formula is C17H29N5O5S. The van der Waals surface area contributed by atoms with Crippen LogP contribution in [-0.4, -0.2) is 91.8 Å². The van der Waals surface area contributed by atoms with Gasteiger partial charge >= 0.3 is 0 Å². The first-order chi connectivity index (χ1) is 13.3. The first kappa shape index (κ1) is 22.5. The average Bonchev–Trinajstić information content (AvgIpc) is 3.02. The van der Waals surface area contributed by atoms with Crippen LogP contribution in [0.5, 0.6) is 0 Å². The Bertz CT molecular complexity index is 758. The Kier molecular flexibility index (Phi) is 8.55. The van der Waals surface area contributed by atoms with Gasteiger partial charge in [-0.1, -0.05) is 11.8 Å². The predicted molar refractivity (Wildman–Crippen MR) is 103 cm³/mol. The fraction of sp³-hybridized carbons (Fsp3) is 0.706. The zero-order chi connectivity index (χ0) is 20.6. The molecule has 11 heteroatoms. The van der Waals surface area contributed by atoms with Crippen molar-refractivity contribution < 1.29 is 22.7 Å². The summed E-state index contributed by atoms with van der Waals surface area (Å²) in [6.07, 6.45) is 3.12. The molecule has 1 N–H and O–H groups in total. The minimum atomic E-state index is -2.95. The Morgan fingerprint density at radius 1 is 1.29 bits per heavy atom. The topological polar surface area (TPSA) is 116 Å². The Morgan fingerprint density at radius 3 is 2.61 bits per heavy atom. The third kappa shape index (κ3) is 7.66. The number of aromatic nitrogens is 3. The highest BCUT2D eigenvalue weighted by Crippen LogP contribution is 2.17. The Labute approximate surface area is 165 Å². The van der Waals surface area contributed by atoms with E-state index in [0.29, 0.717) is 64.7 Å². The van der Waals surface area contributed by atoms with E-state index in [1.165, 1.54) is 6.26 Å². The van der Waals surface area contributed by atoms with Crippen molar-refractivity contribution in [1.82, 2.24) is 25.2 Å². The number of hydrogen-bond donors (Lipinski definition) is 1. The molecule has 0 bridgehead atoms. The van der Waals surface area contributed by atoms with Crippen molar-refractivity contribution in [2.45, 2.75) is 25.3 Å². The van der Waals surface area contributed by atoms with Crippen LogP contribution in [0.15, 0.2) is 18.3 Å². The molecule has 10 nitrogen and oxygen atoms in total. The average molecular weight is 416 g/mol. The van der Waals surface area contributed by atoms with Crippen LogP contribution in [0.2, 0.25) is 0 Å². The third-order valence-corrected chi connectivity index (χ3v) is 5.77. The van der Waals surface area contributed by atoms with Gasteiger partial charge in [-0.3, -0.25) is 9.69 Å². The van der Waals surface area contributed by atoms with Gasteiger partial charge in [0.2, 0.25) is 5.91 Å². The van der Waals surface area contributed by atoms with E-state index in [2.05, 4.69) is 22.2 Å². The van der Waals surface area contributed by atoms with E-state index in [1.807, 2.05) is 11.1 Å². The molecule has 0 spiro atoms. The van der Waals surface area contributed by atoms with Gasteiger partial charge < -0.3 is 14.8 Å². The molecule has 1 aromatic rings. The van der Waals surface area contributed by atoms with Gasteiger partial charge in [-0.25, -0.2) is 13.1 Å². The van der Waals surface area contributed by atoms with Crippen LogP contribution in [0.25, 0.3) is 0 Å². The molecule has 0 saturated carbocycles. The second-order valence-corrected chi connectivity index (χ2v) is 9.21. The van der Waals surface area contributed by atoms with Gasteiger partial charge in [-0.05, 0) is 6.92 Å². The molecule has 1 amide bonds. The molecule has 158 valence electrons. The molecule has 1 fully saturated rings. The Balaban J connectivity index is 1.48. The number of likely N-dealkylation sites (tertiary alicyclic amines) is 1. The maximum atomic E-state index is 11.4. The van der Waals surface area contributed by atoms with Crippen LogP contribution in [0.4, 0.5) is 0 Å². The van der Waals surface area contributed by atoms with E-state index in [9.17, 15) is 13.2 Å². The molecule has 1 saturated heterocycles. The Hall–Kier alpha value is -1.82. The highest BCUT2D eigenvalue weighted by molar-refractivity contribution is 7.91. The molecule has 28 heavy (non-hydrogen) atoms. The van der Waals surface area contributed by atoms with Gasteiger partial charge in [0.05, 0.1) is 43.9 Å². The predicted octanol–water partition coefficient (Wildman–Crippen LogP) is -0.768. The first-order valence-electron chi connectivity index (χ1n) is 9.15. The van der Waals surface area contributed by atoms with E-state index in [-0.39, 0.29) is 11.2 Å². The maximum Gasteiger partial charge on any atom is 0.246 e. The van der Waals surface area contributed by atoms with Crippen molar-refractivity contribution in [3.63, 3.8) is 0 Å². The summed E-state index contributed by atoms with van der Waals surface area (Å²) in [5.41, 5.74) is 1.29. The number of nitrogens with one attached hydrogen (secondary N) is 1. The van der Waals surface area contributed by atoms with Crippen LogP contribution < -0.4 is 5.32 Å². The van der Waals surface area contributed by atoms with Crippen LogP contribution >= 0.6 is 0 Å². The quantitative estimate of drug-likeness (QED) is 0.330. The van der Waals surface area contributed by atoms with E-state index in [1.54, 1.807) is 11.6 Å².